The van der Waals surface area contributed by atoms with Crippen LogP contribution in [0.25, 0.3) is 0 Å². The van der Waals surface area contributed by atoms with Crippen LogP contribution in [0.1, 0.15) is 63.3 Å². The van der Waals surface area contributed by atoms with Crippen LogP contribution in [0.2, 0.25) is 0 Å². The molecule has 0 aliphatic carbocycles. The minimum Gasteiger partial charge on any atom is -0.443 e. The molecule has 2 aromatic rings. The molecule has 0 radical (unpaired) electrons. The summed E-state index contributed by atoms with van der Waals surface area (Å²) in [6.45, 7) is 11.0. The Kier molecular flexibility index (Phi) is 5.84. The van der Waals surface area contributed by atoms with E-state index in [0.29, 0.717) is 6.54 Å². The summed E-state index contributed by atoms with van der Waals surface area (Å²) in [6.07, 6.45) is 1.03. The van der Waals surface area contributed by atoms with Crippen molar-refractivity contribution in [3.63, 3.8) is 0 Å². The molecule has 5 nitrogen and oxygen atoms in total. The molecule has 0 saturated carbocycles. The highest BCUT2D eigenvalue weighted by atomic mass is 16.6. The number of aliphatic hydroxyl groups excluding tert-OH is 1. The predicted molar refractivity (Wildman–Crippen MR) is 123 cm³/mol. The van der Waals surface area contributed by atoms with Gasteiger partial charge in [0.05, 0.1) is 11.8 Å². The Morgan fingerprint density at radius 1 is 1.10 bits per heavy atom. The highest BCUT2D eigenvalue weighted by Crippen LogP contribution is 2.50. The molecule has 2 aliphatic rings. The Hall–Kier alpha value is -2.37. The van der Waals surface area contributed by atoms with Crippen molar-refractivity contribution in [2.24, 2.45) is 0 Å². The van der Waals surface area contributed by atoms with Crippen molar-refractivity contribution in [3.05, 3.63) is 65.2 Å². The van der Waals surface area contributed by atoms with Gasteiger partial charge in [-0.2, -0.15) is 0 Å². The molecule has 1 unspecified atom stereocenters. The molecule has 2 aliphatic heterocycles. The second-order valence-electron chi connectivity index (χ2n) is 10.0. The SMILES string of the molecule is CC(O)c1cccc2c1C1(CCN(Cc3ccccc3)CC1)CN2C(=O)OC(C)(C)C. The zero-order chi connectivity index (χ0) is 22.2. The van der Waals surface area contributed by atoms with Gasteiger partial charge in [-0.15, -0.1) is 0 Å². The Morgan fingerprint density at radius 2 is 1.77 bits per heavy atom. The van der Waals surface area contributed by atoms with Gasteiger partial charge in [-0.1, -0.05) is 42.5 Å². The van der Waals surface area contributed by atoms with E-state index in [9.17, 15) is 9.90 Å². The molecular weight excluding hydrogens is 388 g/mol. The van der Waals surface area contributed by atoms with Crippen LogP contribution in [-0.4, -0.2) is 41.3 Å². The molecule has 166 valence electrons. The van der Waals surface area contributed by atoms with Gasteiger partial charge in [0.1, 0.15) is 5.60 Å². The molecule has 5 heteroatoms. The molecule has 1 N–H and O–H groups in total. The molecule has 31 heavy (non-hydrogen) atoms. The molecule has 2 aromatic carbocycles. The highest BCUT2D eigenvalue weighted by molar-refractivity contribution is 5.92. The first kappa shape index (κ1) is 21.8. The number of hydrogen-bond donors (Lipinski definition) is 1. The van der Waals surface area contributed by atoms with Gasteiger partial charge in [-0.25, -0.2) is 4.79 Å². The highest BCUT2D eigenvalue weighted by Gasteiger charge is 2.48. The summed E-state index contributed by atoms with van der Waals surface area (Å²) in [7, 11) is 0. The van der Waals surface area contributed by atoms with Gasteiger partial charge >= 0.3 is 6.09 Å². The number of carbonyl (C=O) groups excluding carboxylic acids is 1. The lowest BCUT2D eigenvalue weighted by Gasteiger charge is -2.40. The quantitative estimate of drug-likeness (QED) is 0.754. The monoisotopic (exact) mass is 422 g/mol. The molecule has 1 atom stereocenters. The summed E-state index contributed by atoms with van der Waals surface area (Å²) in [5.41, 5.74) is 3.59. The van der Waals surface area contributed by atoms with Crippen molar-refractivity contribution in [2.75, 3.05) is 24.5 Å². The number of amides is 1. The van der Waals surface area contributed by atoms with E-state index >= 15 is 0 Å². The second kappa shape index (κ2) is 8.29. The third-order valence-electron chi connectivity index (χ3n) is 6.48. The fourth-order valence-electron chi connectivity index (χ4n) is 5.04. The normalized spacial score (nSPS) is 19.3. The Morgan fingerprint density at radius 3 is 2.39 bits per heavy atom. The van der Waals surface area contributed by atoms with Crippen LogP contribution in [-0.2, 0) is 16.7 Å². The van der Waals surface area contributed by atoms with Crippen LogP contribution in [0.15, 0.2) is 48.5 Å². The van der Waals surface area contributed by atoms with E-state index in [1.54, 1.807) is 4.90 Å². The van der Waals surface area contributed by atoms with Crippen LogP contribution < -0.4 is 4.90 Å². The molecule has 1 amide bonds. The summed E-state index contributed by atoms with van der Waals surface area (Å²) in [4.78, 5) is 17.3. The number of ether oxygens (including phenoxy) is 1. The number of hydrogen-bond acceptors (Lipinski definition) is 4. The maximum atomic E-state index is 13.1. The van der Waals surface area contributed by atoms with Gasteiger partial charge < -0.3 is 9.84 Å². The minimum atomic E-state index is -0.576. The van der Waals surface area contributed by atoms with Gasteiger partial charge in [0, 0.05) is 18.5 Å². The molecular formula is C26H34N2O3. The first-order valence-corrected chi connectivity index (χ1v) is 11.3. The molecule has 0 bridgehead atoms. The van der Waals surface area contributed by atoms with Crippen LogP contribution in [0.3, 0.4) is 0 Å². The summed E-state index contributed by atoms with van der Waals surface area (Å²) >= 11 is 0. The molecule has 0 aromatic heterocycles. The summed E-state index contributed by atoms with van der Waals surface area (Å²) in [5, 5.41) is 10.5. The van der Waals surface area contributed by atoms with E-state index in [2.05, 4.69) is 29.2 Å². The third kappa shape index (κ3) is 4.48. The van der Waals surface area contributed by atoms with E-state index in [0.717, 1.165) is 49.3 Å². The van der Waals surface area contributed by atoms with Crippen molar-refractivity contribution in [1.29, 1.82) is 0 Å². The van der Waals surface area contributed by atoms with Gasteiger partial charge in [0.15, 0.2) is 0 Å². The van der Waals surface area contributed by atoms with E-state index in [-0.39, 0.29) is 11.5 Å². The van der Waals surface area contributed by atoms with Crippen LogP contribution >= 0.6 is 0 Å². The average Bonchev–Trinajstić information content (AvgIpc) is 3.04. The molecule has 1 fully saturated rings. The van der Waals surface area contributed by atoms with E-state index in [1.807, 2.05) is 52.0 Å². The van der Waals surface area contributed by atoms with E-state index < -0.39 is 11.7 Å². The van der Waals surface area contributed by atoms with Crippen LogP contribution in [0, 0.1) is 0 Å². The smallest absolute Gasteiger partial charge is 0.414 e. The largest absolute Gasteiger partial charge is 0.443 e. The van der Waals surface area contributed by atoms with Crippen molar-refractivity contribution in [3.8, 4) is 0 Å². The number of carbonyl (C=O) groups is 1. The van der Waals surface area contributed by atoms with Gasteiger partial charge in [0.2, 0.25) is 0 Å². The molecule has 4 rings (SSSR count). The Bertz CT molecular complexity index is 925. The van der Waals surface area contributed by atoms with Crippen molar-refractivity contribution in [2.45, 2.75) is 64.2 Å². The number of anilines is 1. The number of benzene rings is 2. The van der Waals surface area contributed by atoms with Gasteiger partial charge in [-0.3, -0.25) is 9.80 Å². The summed E-state index contributed by atoms with van der Waals surface area (Å²) in [6, 6.07) is 16.5. The maximum Gasteiger partial charge on any atom is 0.414 e. The lowest BCUT2D eigenvalue weighted by molar-refractivity contribution is 0.0570. The number of piperidine rings is 1. The predicted octanol–water partition coefficient (Wildman–Crippen LogP) is 5.03. The van der Waals surface area contributed by atoms with Crippen molar-refractivity contribution < 1.29 is 14.6 Å². The van der Waals surface area contributed by atoms with Crippen LogP contribution in [0.4, 0.5) is 10.5 Å². The van der Waals surface area contributed by atoms with Crippen molar-refractivity contribution in [1.82, 2.24) is 4.90 Å². The van der Waals surface area contributed by atoms with E-state index in [4.69, 9.17) is 4.74 Å². The molecule has 1 spiro atoms. The fourth-order valence-corrected chi connectivity index (χ4v) is 5.04. The lowest BCUT2D eigenvalue weighted by Crippen LogP contribution is -2.46. The fraction of sp³-hybridized carbons (Fsp3) is 0.500. The van der Waals surface area contributed by atoms with E-state index in [1.165, 1.54) is 5.56 Å². The summed E-state index contributed by atoms with van der Waals surface area (Å²) in [5.74, 6) is 0. The topological polar surface area (TPSA) is 53.0 Å². The number of fused-ring (bicyclic) bond motifs is 2. The average molecular weight is 423 g/mol. The number of likely N-dealkylation sites (tertiary alicyclic amines) is 1. The molecule has 2 heterocycles. The second-order valence-corrected chi connectivity index (χ2v) is 10.0. The third-order valence-corrected chi connectivity index (χ3v) is 6.48. The zero-order valence-electron chi connectivity index (χ0n) is 19.1. The zero-order valence-corrected chi connectivity index (χ0v) is 19.1. The van der Waals surface area contributed by atoms with Gasteiger partial charge in [-0.05, 0) is 76.4 Å². The van der Waals surface area contributed by atoms with Gasteiger partial charge in [0.25, 0.3) is 0 Å². The lowest BCUT2D eigenvalue weighted by atomic mass is 9.72. The standard InChI is InChI=1S/C26H34N2O3/c1-19(29)21-11-8-12-22-23(21)26(18-28(22)24(30)31-25(2,3)4)13-15-27(16-14-26)17-20-9-6-5-7-10-20/h5-12,19,29H,13-18H2,1-4H3. The maximum absolute atomic E-state index is 13.1. The Labute approximate surface area is 185 Å². The Balaban J connectivity index is 1.61. The first-order valence-electron chi connectivity index (χ1n) is 11.3. The number of aliphatic hydroxyl groups is 1. The summed E-state index contributed by atoms with van der Waals surface area (Å²) < 4.78 is 5.73. The van der Waals surface area contributed by atoms with Crippen LogP contribution in [0.5, 0.6) is 0 Å². The number of rotatable bonds is 3. The first-order chi connectivity index (χ1) is 14.7. The number of nitrogens with zero attached hydrogens (tertiary/aromatic N) is 2. The molecule has 1 saturated heterocycles. The van der Waals surface area contributed by atoms with Crippen molar-refractivity contribution >= 4 is 11.8 Å². The minimum absolute atomic E-state index is 0.146.